The highest BCUT2D eigenvalue weighted by molar-refractivity contribution is 5.76. The minimum atomic E-state index is -0.879. The Labute approximate surface area is 374 Å². The molecule has 0 aliphatic rings. The first-order valence-corrected chi connectivity index (χ1v) is 26.2. The number of carbonyl (C=O) groups is 1. The molecule has 0 bridgehead atoms. The fourth-order valence-electron chi connectivity index (χ4n) is 7.70. The van der Waals surface area contributed by atoms with Gasteiger partial charge in [-0.2, -0.15) is 0 Å². The van der Waals surface area contributed by atoms with Gasteiger partial charge >= 0.3 is 0 Å². The lowest BCUT2D eigenvalue weighted by molar-refractivity contribution is -0.123. The Morgan fingerprint density at radius 2 is 0.750 bits per heavy atom. The van der Waals surface area contributed by atoms with Crippen LogP contribution in [0, 0.1) is 0 Å². The fourth-order valence-corrected chi connectivity index (χ4v) is 7.70. The summed E-state index contributed by atoms with van der Waals surface area (Å²) in [5.74, 6) is -0.0894. The van der Waals surface area contributed by atoms with Gasteiger partial charge < -0.3 is 15.5 Å². The van der Waals surface area contributed by atoms with Gasteiger partial charge in [-0.1, -0.05) is 247 Å². The predicted molar refractivity (Wildman–Crippen MR) is 267 cm³/mol. The van der Waals surface area contributed by atoms with Gasteiger partial charge in [0, 0.05) is 6.42 Å². The van der Waals surface area contributed by atoms with Crippen LogP contribution in [0.1, 0.15) is 258 Å². The molecule has 60 heavy (non-hydrogen) atoms. The lowest BCUT2D eigenvalue weighted by Crippen LogP contribution is -2.45. The predicted octanol–water partition coefficient (Wildman–Crippen LogP) is 17.0. The Hall–Kier alpha value is -2.17. The Morgan fingerprint density at radius 3 is 1.17 bits per heavy atom. The molecule has 0 fully saturated rings. The molecule has 4 nitrogen and oxygen atoms in total. The molecule has 0 aromatic rings. The van der Waals surface area contributed by atoms with Gasteiger partial charge in [-0.05, 0) is 77.0 Å². The molecule has 0 aromatic heterocycles. The van der Waals surface area contributed by atoms with Crippen molar-refractivity contribution >= 4 is 5.91 Å². The van der Waals surface area contributed by atoms with E-state index in [1.807, 2.05) is 6.08 Å². The molecule has 0 saturated heterocycles. The summed E-state index contributed by atoms with van der Waals surface area (Å²) in [7, 11) is 0. The molecule has 0 heterocycles. The molecule has 0 radical (unpaired) electrons. The van der Waals surface area contributed by atoms with E-state index in [2.05, 4.69) is 79.9 Å². The largest absolute Gasteiger partial charge is 0.394 e. The monoisotopic (exact) mass is 836 g/mol. The van der Waals surface area contributed by atoms with Crippen molar-refractivity contribution in [1.82, 2.24) is 5.32 Å². The maximum absolute atomic E-state index is 12.4. The van der Waals surface area contributed by atoms with E-state index < -0.39 is 12.1 Å². The molecule has 4 heteroatoms. The third kappa shape index (κ3) is 46.9. The number of amides is 1. The average Bonchev–Trinajstić information content (AvgIpc) is 3.25. The van der Waals surface area contributed by atoms with Gasteiger partial charge in [-0.3, -0.25) is 4.79 Å². The van der Waals surface area contributed by atoms with Crippen LogP contribution in [0.25, 0.3) is 0 Å². The van der Waals surface area contributed by atoms with E-state index in [4.69, 9.17) is 0 Å². The van der Waals surface area contributed by atoms with Gasteiger partial charge in [-0.15, -0.1) is 0 Å². The zero-order valence-electron chi connectivity index (χ0n) is 40.0. The molecular weight excluding hydrogens is 735 g/mol. The standard InChI is InChI=1S/C56H101NO3/c1-3-5-7-9-11-13-15-17-19-21-22-23-24-25-26-27-28-29-30-31-32-33-34-36-37-39-41-43-45-47-49-51-55(59)54(53-58)57-56(60)52-50-48-46-44-42-40-38-35-20-18-16-14-12-10-8-6-4-2/h6,8,12,14,18,20,34,36,41,43,49,51,54-55,58-59H,3-5,7,9-11,13,15-17,19,21-33,35,37-40,42,44-48,50,52-53H2,1-2H3,(H,57,60)/b8-6-,14-12-,20-18-,36-34+,43-41+,51-49+. The SMILES string of the molecule is CC/C=C\C/C=C\C/C=C\CCCCCCCCCC(=O)NC(CO)C(O)/C=C/CC/C=C/CC/C=C/CCCCCCCCCCCCCCCCCCCCCCC. The van der Waals surface area contributed by atoms with Crippen LogP contribution < -0.4 is 5.32 Å². The molecule has 2 atom stereocenters. The van der Waals surface area contributed by atoms with E-state index in [0.717, 1.165) is 70.6 Å². The van der Waals surface area contributed by atoms with Crippen molar-refractivity contribution in [3.05, 3.63) is 72.9 Å². The number of unbranched alkanes of at least 4 members (excludes halogenated alkanes) is 30. The molecule has 1 amide bonds. The topological polar surface area (TPSA) is 69.6 Å². The first-order chi connectivity index (χ1) is 29.7. The second kappa shape index (κ2) is 51.2. The first-order valence-electron chi connectivity index (χ1n) is 26.2. The number of hydrogen-bond donors (Lipinski definition) is 3. The van der Waals surface area contributed by atoms with E-state index in [1.54, 1.807) is 6.08 Å². The third-order valence-corrected chi connectivity index (χ3v) is 11.7. The molecule has 0 aromatic carbocycles. The summed E-state index contributed by atoms with van der Waals surface area (Å²) in [6.45, 7) is 4.19. The second-order valence-corrected chi connectivity index (χ2v) is 17.5. The van der Waals surface area contributed by atoms with Crippen LogP contribution in [0.4, 0.5) is 0 Å². The Balaban J connectivity index is 3.57. The number of aliphatic hydroxyl groups excluding tert-OH is 2. The Kier molecular flexibility index (Phi) is 49.3. The minimum absolute atomic E-state index is 0.0894. The summed E-state index contributed by atoms with van der Waals surface area (Å²) in [5.41, 5.74) is 0. The number of aliphatic hydroxyl groups is 2. The molecule has 0 aliphatic heterocycles. The maximum Gasteiger partial charge on any atom is 0.220 e. The Morgan fingerprint density at radius 1 is 0.417 bits per heavy atom. The molecule has 3 N–H and O–H groups in total. The van der Waals surface area contributed by atoms with Crippen molar-refractivity contribution in [2.45, 2.75) is 270 Å². The summed E-state index contributed by atoms with van der Waals surface area (Å²) < 4.78 is 0. The fraction of sp³-hybridized carbons (Fsp3) is 0.768. The molecular formula is C56H101NO3. The van der Waals surface area contributed by atoms with Crippen LogP contribution in [0.5, 0.6) is 0 Å². The normalized spacial score (nSPS) is 13.5. The first kappa shape index (κ1) is 57.8. The summed E-state index contributed by atoms with van der Waals surface area (Å²) >= 11 is 0. The summed E-state index contributed by atoms with van der Waals surface area (Å²) in [6, 6.07) is -0.655. The van der Waals surface area contributed by atoms with Crippen LogP contribution in [-0.4, -0.2) is 34.9 Å². The number of allylic oxidation sites excluding steroid dienone is 11. The minimum Gasteiger partial charge on any atom is -0.394 e. The van der Waals surface area contributed by atoms with E-state index in [9.17, 15) is 15.0 Å². The molecule has 2 unspecified atom stereocenters. The van der Waals surface area contributed by atoms with E-state index >= 15 is 0 Å². The van der Waals surface area contributed by atoms with Crippen LogP contribution >= 0.6 is 0 Å². The van der Waals surface area contributed by atoms with Crippen molar-refractivity contribution in [3.8, 4) is 0 Å². The Bertz CT molecular complexity index is 1040. The van der Waals surface area contributed by atoms with Crippen molar-refractivity contribution in [2.75, 3.05) is 6.61 Å². The third-order valence-electron chi connectivity index (χ3n) is 11.7. The van der Waals surface area contributed by atoms with Gasteiger partial charge in [0.2, 0.25) is 5.91 Å². The van der Waals surface area contributed by atoms with Gasteiger partial charge in [0.1, 0.15) is 0 Å². The van der Waals surface area contributed by atoms with Crippen molar-refractivity contribution in [1.29, 1.82) is 0 Å². The van der Waals surface area contributed by atoms with Gasteiger partial charge in [0.15, 0.2) is 0 Å². The number of carbonyl (C=O) groups excluding carboxylic acids is 1. The van der Waals surface area contributed by atoms with E-state index in [1.165, 1.54) is 167 Å². The van der Waals surface area contributed by atoms with Gasteiger partial charge in [0.05, 0.1) is 18.8 Å². The van der Waals surface area contributed by atoms with Gasteiger partial charge in [0.25, 0.3) is 0 Å². The molecule has 0 aliphatic carbocycles. The van der Waals surface area contributed by atoms with Crippen LogP contribution in [-0.2, 0) is 4.79 Å². The second-order valence-electron chi connectivity index (χ2n) is 17.5. The van der Waals surface area contributed by atoms with Crippen LogP contribution in [0.2, 0.25) is 0 Å². The van der Waals surface area contributed by atoms with Crippen LogP contribution in [0.15, 0.2) is 72.9 Å². The van der Waals surface area contributed by atoms with E-state index in [0.29, 0.717) is 6.42 Å². The van der Waals surface area contributed by atoms with E-state index in [-0.39, 0.29) is 12.5 Å². The highest BCUT2D eigenvalue weighted by Crippen LogP contribution is 2.16. The molecule has 0 spiro atoms. The number of hydrogen-bond acceptors (Lipinski definition) is 3. The van der Waals surface area contributed by atoms with Crippen molar-refractivity contribution in [2.24, 2.45) is 0 Å². The zero-order chi connectivity index (χ0) is 43.5. The number of rotatable bonds is 47. The molecule has 348 valence electrons. The number of nitrogens with one attached hydrogen (secondary N) is 1. The summed E-state index contributed by atoms with van der Waals surface area (Å²) in [5, 5.41) is 23.1. The highest BCUT2D eigenvalue weighted by Gasteiger charge is 2.17. The summed E-state index contributed by atoms with van der Waals surface area (Å²) in [6.07, 6.45) is 73.4. The molecule has 0 rings (SSSR count). The molecule has 0 saturated carbocycles. The van der Waals surface area contributed by atoms with Crippen molar-refractivity contribution in [3.63, 3.8) is 0 Å². The highest BCUT2D eigenvalue weighted by atomic mass is 16.3. The van der Waals surface area contributed by atoms with Gasteiger partial charge in [-0.25, -0.2) is 0 Å². The lowest BCUT2D eigenvalue weighted by Gasteiger charge is -2.19. The van der Waals surface area contributed by atoms with Crippen molar-refractivity contribution < 1.29 is 15.0 Å². The quantitative estimate of drug-likeness (QED) is 0.0422. The maximum atomic E-state index is 12.4. The lowest BCUT2D eigenvalue weighted by atomic mass is 10.0. The summed E-state index contributed by atoms with van der Waals surface area (Å²) in [4.78, 5) is 12.4. The zero-order valence-corrected chi connectivity index (χ0v) is 40.0. The average molecular weight is 836 g/mol. The van der Waals surface area contributed by atoms with Crippen LogP contribution in [0.3, 0.4) is 0 Å². The smallest absolute Gasteiger partial charge is 0.220 e.